The molecule has 2 nitrogen and oxygen atoms in total. The molecule has 3 rings (SSSR count). The van der Waals surface area contributed by atoms with Crippen molar-refractivity contribution in [1.82, 2.24) is 9.38 Å². The molecule has 0 atom stereocenters. The van der Waals surface area contributed by atoms with Crippen molar-refractivity contribution in [3.63, 3.8) is 0 Å². The van der Waals surface area contributed by atoms with Gasteiger partial charge in [0.2, 0.25) is 0 Å². The summed E-state index contributed by atoms with van der Waals surface area (Å²) >= 11 is 12.2. The Morgan fingerprint density at radius 3 is 2.60 bits per heavy atom. The van der Waals surface area contributed by atoms with Gasteiger partial charge in [-0.2, -0.15) is 0 Å². The van der Waals surface area contributed by atoms with Gasteiger partial charge in [-0.1, -0.05) is 35.3 Å². The van der Waals surface area contributed by atoms with Gasteiger partial charge in [-0.3, -0.25) is 4.40 Å². The first-order chi connectivity index (χ1) is 7.27. The Balaban J connectivity index is 2.67. The summed E-state index contributed by atoms with van der Waals surface area (Å²) in [6.45, 7) is 0. The summed E-state index contributed by atoms with van der Waals surface area (Å²) < 4.78 is 1.90. The highest BCUT2D eigenvalue weighted by Gasteiger charge is 2.08. The Hall–Kier alpha value is -1.25. The average molecular weight is 237 g/mol. The van der Waals surface area contributed by atoms with Gasteiger partial charge in [0, 0.05) is 0 Å². The van der Waals surface area contributed by atoms with Crippen molar-refractivity contribution in [2.45, 2.75) is 0 Å². The molecule has 2 heterocycles. The normalized spacial score (nSPS) is 11.3. The third-order valence-electron chi connectivity index (χ3n) is 2.39. The molecule has 4 heteroatoms. The molecule has 0 N–H and O–H groups in total. The zero-order chi connectivity index (χ0) is 10.4. The maximum Gasteiger partial charge on any atom is 0.153 e. The fourth-order valence-corrected chi connectivity index (χ4v) is 2.21. The van der Waals surface area contributed by atoms with Crippen LogP contribution in [0.5, 0.6) is 0 Å². The van der Waals surface area contributed by atoms with Gasteiger partial charge in [0.1, 0.15) is 5.15 Å². The Kier molecular flexibility index (Phi) is 1.87. The van der Waals surface area contributed by atoms with E-state index in [1.807, 2.05) is 40.8 Å². The molecule has 0 fully saturated rings. The van der Waals surface area contributed by atoms with E-state index in [4.69, 9.17) is 23.2 Å². The smallest absolute Gasteiger partial charge is 0.153 e. The van der Waals surface area contributed by atoms with E-state index in [0.29, 0.717) is 10.3 Å². The number of aromatic nitrogens is 2. The van der Waals surface area contributed by atoms with Crippen LogP contribution in [0.3, 0.4) is 0 Å². The fraction of sp³-hybridized carbons (Fsp3) is 0. The lowest BCUT2D eigenvalue weighted by Gasteiger charge is -2.04. The molecule has 2 aromatic heterocycles. The number of halogens is 2. The molecule has 0 unspecified atom stereocenters. The minimum Gasteiger partial charge on any atom is -0.295 e. The Morgan fingerprint density at radius 2 is 1.73 bits per heavy atom. The highest BCUT2D eigenvalue weighted by atomic mass is 35.5. The second kappa shape index (κ2) is 3.12. The van der Waals surface area contributed by atoms with Crippen molar-refractivity contribution in [1.29, 1.82) is 0 Å². The molecule has 0 saturated heterocycles. The third kappa shape index (κ3) is 1.22. The summed E-state index contributed by atoms with van der Waals surface area (Å²) in [6.07, 6.45) is 0. The van der Waals surface area contributed by atoms with Gasteiger partial charge in [0.25, 0.3) is 0 Å². The van der Waals surface area contributed by atoms with Crippen LogP contribution in [0.4, 0.5) is 0 Å². The van der Waals surface area contributed by atoms with Crippen molar-refractivity contribution < 1.29 is 0 Å². The van der Waals surface area contributed by atoms with Gasteiger partial charge in [0.15, 0.2) is 5.15 Å². The van der Waals surface area contributed by atoms with Crippen LogP contribution < -0.4 is 0 Å². The Labute approximate surface area is 96.1 Å². The third-order valence-corrected chi connectivity index (χ3v) is 2.96. The SMILES string of the molecule is Clc1nc2ccccc2n2c(Cl)ccc12. The van der Waals surface area contributed by atoms with E-state index in [1.54, 1.807) is 0 Å². The van der Waals surface area contributed by atoms with Gasteiger partial charge >= 0.3 is 0 Å². The van der Waals surface area contributed by atoms with Crippen molar-refractivity contribution in [3.05, 3.63) is 46.7 Å². The molecular formula is C11H6Cl2N2. The van der Waals surface area contributed by atoms with E-state index in [2.05, 4.69) is 4.98 Å². The molecule has 0 saturated carbocycles. The van der Waals surface area contributed by atoms with Crippen LogP contribution >= 0.6 is 23.2 Å². The summed E-state index contributed by atoms with van der Waals surface area (Å²) in [4.78, 5) is 4.30. The molecular weight excluding hydrogens is 231 g/mol. The molecule has 3 aromatic rings. The quantitative estimate of drug-likeness (QED) is 0.581. The minimum absolute atomic E-state index is 0.473. The predicted molar refractivity (Wildman–Crippen MR) is 62.7 cm³/mol. The van der Waals surface area contributed by atoms with Crippen LogP contribution in [0.1, 0.15) is 0 Å². The predicted octanol–water partition coefficient (Wildman–Crippen LogP) is 3.79. The van der Waals surface area contributed by atoms with Crippen molar-refractivity contribution in [3.8, 4) is 0 Å². The number of para-hydroxylation sites is 2. The number of hydrogen-bond donors (Lipinski definition) is 0. The van der Waals surface area contributed by atoms with E-state index in [9.17, 15) is 0 Å². The molecule has 0 amide bonds. The molecule has 1 aromatic carbocycles. The number of fused-ring (bicyclic) bond motifs is 3. The van der Waals surface area contributed by atoms with Crippen LogP contribution in [0.25, 0.3) is 16.6 Å². The zero-order valence-corrected chi connectivity index (χ0v) is 9.13. The number of rotatable bonds is 0. The van der Waals surface area contributed by atoms with Crippen molar-refractivity contribution in [2.24, 2.45) is 0 Å². The van der Waals surface area contributed by atoms with E-state index in [1.165, 1.54) is 0 Å². The van der Waals surface area contributed by atoms with Gasteiger partial charge in [-0.25, -0.2) is 4.98 Å². The van der Waals surface area contributed by atoms with Crippen LogP contribution in [0.15, 0.2) is 36.4 Å². The summed E-state index contributed by atoms with van der Waals surface area (Å²) in [5, 5.41) is 1.12. The molecule has 0 aliphatic carbocycles. The largest absolute Gasteiger partial charge is 0.295 e. The first-order valence-corrected chi connectivity index (χ1v) is 5.24. The lowest BCUT2D eigenvalue weighted by atomic mass is 10.3. The van der Waals surface area contributed by atoms with Crippen LogP contribution in [-0.4, -0.2) is 9.38 Å². The average Bonchev–Trinajstić information content (AvgIpc) is 2.62. The number of benzene rings is 1. The van der Waals surface area contributed by atoms with E-state index >= 15 is 0 Å². The molecule has 0 spiro atoms. The lowest BCUT2D eigenvalue weighted by Crippen LogP contribution is -1.91. The maximum atomic E-state index is 6.10. The van der Waals surface area contributed by atoms with E-state index < -0.39 is 0 Å². The summed E-state index contributed by atoms with van der Waals surface area (Å²) in [7, 11) is 0. The summed E-state index contributed by atoms with van der Waals surface area (Å²) in [5.41, 5.74) is 2.64. The van der Waals surface area contributed by atoms with E-state index in [-0.39, 0.29) is 0 Å². The Bertz CT molecular complexity index is 658. The minimum atomic E-state index is 0.473. The summed E-state index contributed by atoms with van der Waals surface area (Å²) in [6, 6.07) is 11.4. The topological polar surface area (TPSA) is 17.3 Å². The molecule has 0 bridgehead atoms. The first kappa shape index (κ1) is 9.01. The van der Waals surface area contributed by atoms with E-state index in [0.717, 1.165) is 16.6 Å². The second-order valence-corrected chi connectivity index (χ2v) is 4.01. The molecule has 74 valence electrons. The fourth-order valence-electron chi connectivity index (χ4n) is 1.73. The Morgan fingerprint density at radius 1 is 0.933 bits per heavy atom. The summed E-state index contributed by atoms with van der Waals surface area (Å²) in [5.74, 6) is 0. The lowest BCUT2D eigenvalue weighted by molar-refractivity contribution is 1.23. The first-order valence-electron chi connectivity index (χ1n) is 4.48. The molecule has 0 aliphatic rings. The number of hydrogen-bond acceptors (Lipinski definition) is 1. The highest BCUT2D eigenvalue weighted by Crippen LogP contribution is 2.26. The molecule has 15 heavy (non-hydrogen) atoms. The van der Waals surface area contributed by atoms with Crippen LogP contribution in [0, 0.1) is 0 Å². The highest BCUT2D eigenvalue weighted by molar-refractivity contribution is 6.34. The monoisotopic (exact) mass is 236 g/mol. The van der Waals surface area contributed by atoms with Gasteiger partial charge in [-0.05, 0) is 24.3 Å². The van der Waals surface area contributed by atoms with Crippen LogP contribution in [0.2, 0.25) is 10.3 Å². The van der Waals surface area contributed by atoms with Crippen molar-refractivity contribution >= 4 is 39.8 Å². The van der Waals surface area contributed by atoms with Gasteiger partial charge < -0.3 is 0 Å². The van der Waals surface area contributed by atoms with Crippen molar-refractivity contribution in [2.75, 3.05) is 0 Å². The molecule has 0 aliphatic heterocycles. The number of nitrogens with zero attached hydrogens (tertiary/aromatic N) is 2. The van der Waals surface area contributed by atoms with Gasteiger partial charge in [0.05, 0.1) is 16.6 Å². The van der Waals surface area contributed by atoms with Crippen LogP contribution in [-0.2, 0) is 0 Å². The van der Waals surface area contributed by atoms with Gasteiger partial charge in [-0.15, -0.1) is 0 Å². The second-order valence-electron chi connectivity index (χ2n) is 3.27. The zero-order valence-electron chi connectivity index (χ0n) is 7.61. The standard InChI is InChI=1S/C11H6Cl2N2/c12-10-6-5-9-11(13)14-7-3-1-2-4-8(7)15(9)10/h1-6H. The maximum absolute atomic E-state index is 6.10. The molecule has 0 radical (unpaired) electrons.